The first kappa shape index (κ1) is 13.0. The quantitative estimate of drug-likeness (QED) is 0.313. The summed E-state index contributed by atoms with van der Waals surface area (Å²) in [7, 11) is 0. The number of rotatable bonds is 6. The summed E-state index contributed by atoms with van der Waals surface area (Å²) in [6.45, 7) is 3.90. The lowest BCUT2D eigenvalue weighted by Crippen LogP contribution is -2.44. The number of nitrogens with one attached hydrogen (secondary N) is 1. The van der Waals surface area contributed by atoms with Crippen molar-refractivity contribution >= 4 is 11.9 Å². The van der Waals surface area contributed by atoms with Crippen LogP contribution in [0, 0.1) is 0 Å². The van der Waals surface area contributed by atoms with Gasteiger partial charge in [-0.3, -0.25) is 4.79 Å². The van der Waals surface area contributed by atoms with Crippen molar-refractivity contribution in [3.05, 3.63) is 0 Å². The Morgan fingerprint density at radius 2 is 1.88 bits per heavy atom. The fraction of sp³-hybridized carbons (Fsp3) is 0.818. The zero-order chi connectivity index (χ0) is 12.2. The van der Waals surface area contributed by atoms with Gasteiger partial charge in [-0.25, -0.2) is 10.6 Å². The molecule has 0 bridgehead atoms. The molecule has 1 aliphatic heterocycles. The van der Waals surface area contributed by atoms with E-state index < -0.39 is 11.6 Å². The zero-order valence-electron chi connectivity index (χ0n) is 10.1. The first-order valence-corrected chi connectivity index (χ1v) is 5.92. The highest BCUT2D eigenvalue weighted by molar-refractivity contribution is 6.06. The summed E-state index contributed by atoms with van der Waals surface area (Å²) < 4.78 is 0. The van der Waals surface area contributed by atoms with E-state index in [0.29, 0.717) is 11.4 Å². The van der Waals surface area contributed by atoms with Crippen LogP contribution >= 0.6 is 0 Å². The molecule has 1 heterocycles. The summed E-state index contributed by atoms with van der Waals surface area (Å²) in [6.07, 6.45) is 6.30. The molecule has 3 amide bonds. The first-order valence-electron chi connectivity index (χ1n) is 5.92. The fourth-order valence-electron chi connectivity index (χ4n) is 1.96. The van der Waals surface area contributed by atoms with Crippen molar-refractivity contribution in [2.24, 2.45) is 5.84 Å². The summed E-state index contributed by atoms with van der Waals surface area (Å²) in [5, 5.41) is 3.31. The van der Waals surface area contributed by atoms with Crippen LogP contribution in [0.15, 0.2) is 0 Å². The average molecular weight is 227 g/mol. The van der Waals surface area contributed by atoms with Crippen LogP contribution < -0.4 is 11.2 Å². The van der Waals surface area contributed by atoms with E-state index in [1.165, 1.54) is 19.3 Å². The predicted molar refractivity (Wildman–Crippen MR) is 61.3 cm³/mol. The Bertz CT molecular complexity index is 280. The monoisotopic (exact) mass is 227 g/mol. The molecule has 1 fully saturated rings. The molecule has 0 aromatic rings. The predicted octanol–water partition coefficient (Wildman–Crippen LogP) is 1.53. The van der Waals surface area contributed by atoms with E-state index >= 15 is 0 Å². The largest absolute Gasteiger partial charge is 0.339 e. The number of nitrogens with zero attached hydrogens (tertiary/aromatic N) is 1. The number of imide groups is 1. The number of urea groups is 1. The molecule has 1 saturated heterocycles. The second-order valence-corrected chi connectivity index (χ2v) is 4.60. The molecule has 1 rings (SSSR count). The van der Waals surface area contributed by atoms with Crippen molar-refractivity contribution in [3.63, 3.8) is 0 Å². The van der Waals surface area contributed by atoms with Gasteiger partial charge in [0.1, 0.15) is 5.54 Å². The van der Waals surface area contributed by atoms with Gasteiger partial charge < -0.3 is 5.32 Å². The third kappa shape index (κ3) is 2.72. The fourth-order valence-corrected chi connectivity index (χ4v) is 1.96. The van der Waals surface area contributed by atoms with Gasteiger partial charge in [0.2, 0.25) is 0 Å². The molecule has 0 unspecified atom stereocenters. The molecule has 16 heavy (non-hydrogen) atoms. The highest BCUT2D eigenvalue weighted by Crippen LogP contribution is 2.22. The second-order valence-electron chi connectivity index (χ2n) is 4.60. The Labute approximate surface area is 96.3 Å². The van der Waals surface area contributed by atoms with Crippen LogP contribution in [0.5, 0.6) is 0 Å². The minimum atomic E-state index is -0.794. The molecule has 5 nitrogen and oxygen atoms in total. The van der Waals surface area contributed by atoms with Gasteiger partial charge in [-0.05, 0) is 13.3 Å². The lowest BCUT2D eigenvalue weighted by molar-refractivity contribution is -0.131. The van der Waals surface area contributed by atoms with Crippen molar-refractivity contribution in [1.82, 2.24) is 10.3 Å². The Hall–Kier alpha value is -1.10. The van der Waals surface area contributed by atoms with Crippen LogP contribution in [0.25, 0.3) is 0 Å². The molecule has 0 aromatic heterocycles. The van der Waals surface area contributed by atoms with E-state index in [1.807, 2.05) is 0 Å². The molecule has 1 aliphatic rings. The molecule has 0 spiro atoms. The molecule has 3 N–H and O–H groups in total. The molecular formula is C11H21N3O2. The minimum absolute atomic E-state index is 0.326. The Balaban J connectivity index is 2.36. The molecular weight excluding hydrogens is 206 g/mol. The molecule has 5 heteroatoms. The van der Waals surface area contributed by atoms with E-state index in [2.05, 4.69) is 12.2 Å². The Morgan fingerprint density at radius 3 is 2.38 bits per heavy atom. The van der Waals surface area contributed by atoms with Crippen LogP contribution in [-0.2, 0) is 4.79 Å². The highest BCUT2D eigenvalue weighted by Gasteiger charge is 2.46. The van der Waals surface area contributed by atoms with Gasteiger partial charge >= 0.3 is 6.03 Å². The maximum absolute atomic E-state index is 11.7. The van der Waals surface area contributed by atoms with Crippen molar-refractivity contribution in [2.45, 2.75) is 57.9 Å². The third-order valence-corrected chi connectivity index (χ3v) is 3.07. The topological polar surface area (TPSA) is 75.4 Å². The maximum Gasteiger partial charge on any atom is 0.339 e. The van der Waals surface area contributed by atoms with Gasteiger partial charge in [-0.1, -0.05) is 39.0 Å². The zero-order valence-corrected chi connectivity index (χ0v) is 10.1. The van der Waals surface area contributed by atoms with Crippen molar-refractivity contribution in [3.8, 4) is 0 Å². The molecule has 0 saturated carbocycles. The number of amides is 3. The summed E-state index contributed by atoms with van der Waals surface area (Å²) in [6, 6.07) is -0.499. The molecule has 0 aromatic carbocycles. The summed E-state index contributed by atoms with van der Waals surface area (Å²) in [4.78, 5) is 22.9. The molecule has 92 valence electrons. The summed E-state index contributed by atoms with van der Waals surface area (Å²) in [5.41, 5.74) is -0.794. The molecule has 0 aliphatic carbocycles. The highest BCUT2D eigenvalue weighted by atomic mass is 16.2. The summed E-state index contributed by atoms with van der Waals surface area (Å²) in [5.74, 6) is 5.00. The smallest absolute Gasteiger partial charge is 0.322 e. The number of hydrogen-bond donors (Lipinski definition) is 2. The van der Waals surface area contributed by atoms with Crippen LogP contribution in [-0.4, -0.2) is 22.5 Å². The van der Waals surface area contributed by atoms with Gasteiger partial charge in [0.15, 0.2) is 0 Å². The summed E-state index contributed by atoms with van der Waals surface area (Å²) >= 11 is 0. The van der Waals surface area contributed by atoms with E-state index in [0.717, 1.165) is 12.8 Å². The maximum atomic E-state index is 11.7. The lowest BCUT2D eigenvalue weighted by atomic mass is 9.94. The lowest BCUT2D eigenvalue weighted by Gasteiger charge is -2.20. The van der Waals surface area contributed by atoms with E-state index in [9.17, 15) is 9.59 Å². The Morgan fingerprint density at radius 1 is 1.25 bits per heavy atom. The third-order valence-electron chi connectivity index (χ3n) is 3.07. The second kappa shape index (κ2) is 5.30. The van der Waals surface area contributed by atoms with Gasteiger partial charge in [0.05, 0.1) is 0 Å². The van der Waals surface area contributed by atoms with Crippen LogP contribution in [0.1, 0.15) is 52.4 Å². The van der Waals surface area contributed by atoms with Crippen LogP contribution in [0.4, 0.5) is 4.79 Å². The Kier molecular flexibility index (Phi) is 4.29. The number of unbranched alkanes of at least 4 members (excludes halogenated alkanes) is 4. The SMILES string of the molecule is CCCCCCC[C@@]1(C)NC(=O)N(N)C1=O. The number of hydrogen-bond acceptors (Lipinski definition) is 3. The van der Waals surface area contributed by atoms with Crippen molar-refractivity contribution in [1.29, 1.82) is 0 Å². The molecule has 1 atom stereocenters. The number of hydrazine groups is 1. The van der Waals surface area contributed by atoms with Crippen LogP contribution in [0.3, 0.4) is 0 Å². The minimum Gasteiger partial charge on any atom is -0.322 e. The molecule has 0 radical (unpaired) electrons. The van der Waals surface area contributed by atoms with Gasteiger partial charge in [-0.15, -0.1) is 0 Å². The van der Waals surface area contributed by atoms with Crippen molar-refractivity contribution < 1.29 is 9.59 Å². The standard InChI is InChI=1S/C11H21N3O2/c1-3-4-5-6-7-8-11(2)9(15)14(12)10(16)13-11/h3-8,12H2,1-2H3,(H,13,16)/t11-/m1/s1. The van der Waals surface area contributed by atoms with E-state index in [4.69, 9.17) is 5.84 Å². The van der Waals surface area contributed by atoms with Crippen LogP contribution in [0.2, 0.25) is 0 Å². The number of carbonyl (C=O) groups is 2. The average Bonchev–Trinajstić information content (AvgIpc) is 2.43. The number of nitrogens with two attached hydrogens (primary N) is 1. The van der Waals surface area contributed by atoms with Gasteiger partial charge in [0, 0.05) is 0 Å². The van der Waals surface area contributed by atoms with Crippen molar-refractivity contribution in [2.75, 3.05) is 0 Å². The normalized spacial score (nSPS) is 25.1. The van der Waals surface area contributed by atoms with Gasteiger partial charge in [0.25, 0.3) is 5.91 Å². The first-order chi connectivity index (χ1) is 7.51. The van der Waals surface area contributed by atoms with E-state index in [-0.39, 0.29) is 5.91 Å². The number of carbonyl (C=O) groups excluding carboxylic acids is 2. The van der Waals surface area contributed by atoms with E-state index in [1.54, 1.807) is 6.92 Å². The van der Waals surface area contributed by atoms with Gasteiger partial charge in [-0.2, -0.15) is 5.01 Å².